The second-order valence-corrected chi connectivity index (χ2v) is 14.0. The summed E-state index contributed by atoms with van der Waals surface area (Å²) in [5.41, 5.74) is 17.7. The average Bonchev–Trinajstić information content (AvgIpc) is 3.67. The third kappa shape index (κ3) is 6.22. The number of nitrogens with zero attached hydrogens (tertiary/aromatic N) is 3. The number of fused-ring (bicyclic) bond motifs is 3. The van der Waals surface area contributed by atoms with Crippen molar-refractivity contribution in [2.75, 3.05) is 0 Å². The quantitative estimate of drug-likeness (QED) is 0.166. The molecule has 0 bridgehead atoms. The van der Waals surface area contributed by atoms with Crippen LogP contribution in [0.4, 0.5) is 0 Å². The van der Waals surface area contributed by atoms with E-state index in [0.29, 0.717) is 17.5 Å². The molecule has 0 fully saturated rings. The molecule has 0 unspecified atom stereocenters. The first kappa shape index (κ1) is 32.4. The van der Waals surface area contributed by atoms with Gasteiger partial charge in [0.05, 0.1) is 0 Å². The highest BCUT2D eigenvalue weighted by atomic mass is 15.0. The summed E-state index contributed by atoms with van der Waals surface area (Å²) in [5.74, 6) is 2.00. The lowest BCUT2D eigenvalue weighted by atomic mass is 9.93. The van der Waals surface area contributed by atoms with Crippen LogP contribution < -0.4 is 0 Å². The van der Waals surface area contributed by atoms with E-state index >= 15 is 0 Å². The summed E-state index contributed by atoms with van der Waals surface area (Å²) in [5, 5.41) is 0. The minimum absolute atomic E-state index is 0.658. The summed E-state index contributed by atoms with van der Waals surface area (Å²) < 4.78 is 0. The molecule has 55 heavy (non-hydrogen) atoms. The molecule has 1 aliphatic carbocycles. The van der Waals surface area contributed by atoms with Gasteiger partial charge in [-0.05, 0) is 72.8 Å². The smallest absolute Gasteiger partial charge is 0.164 e. The summed E-state index contributed by atoms with van der Waals surface area (Å²) in [6.07, 6.45) is 0.792. The molecule has 1 aromatic heterocycles. The van der Waals surface area contributed by atoms with Gasteiger partial charge in [0.1, 0.15) is 0 Å². The summed E-state index contributed by atoms with van der Waals surface area (Å²) in [4.78, 5) is 15.3. The molecule has 3 heteroatoms. The van der Waals surface area contributed by atoms with E-state index in [-0.39, 0.29) is 0 Å². The van der Waals surface area contributed by atoms with Crippen LogP contribution in [0.3, 0.4) is 0 Å². The SMILES string of the molecule is c1ccc(-c2ccc(-c3cccc(-c4cccc5c4Cc4c(-c6nc(-c7ccccc7)nc(-c7ccc(-c8ccccc8)cc7)n6)cccc4-5)c3)cc2)cc1. The number of hydrogen-bond acceptors (Lipinski definition) is 3. The lowest BCUT2D eigenvalue weighted by molar-refractivity contribution is 1.07. The third-order valence-electron chi connectivity index (χ3n) is 10.7. The fourth-order valence-electron chi connectivity index (χ4n) is 7.85. The zero-order valence-corrected chi connectivity index (χ0v) is 30.1. The predicted molar refractivity (Wildman–Crippen MR) is 226 cm³/mol. The topological polar surface area (TPSA) is 38.7 Å². The first-order valence-corrected chi connectivity index (χ1v) is 18.7. The molecule has 0 saturated carbocycles. The van der Waals surface area contributed by atoms with E-state index in [2.05, 4.69) is 176 Å². The van der Waals surface area contributed by atoms with Crippen LogP contribution in [0.1, 0.15) is 11.1 Å². The molecule has 0 N–H and O–H groups in total. The molecule has 1 heterocycles. The van der Waals surface area contributed by atoms with Crippen molar-refractivity contribution in [3.8, 4) is 89.8 Å². The maximum atomic E-state index is 5.17. The van der Waals surface area contributed by atoms with Gasteiger partial charge in [-0.15, -0.1) is 0 Å². The van der Waals surface area contributed by atoms with Gasteiger partial charge in [0.25, 0.3) is 0 Å². The molecule has 3 nitrogen and oxygen atoms in total. The van der Waals surface area contributed by atoms with Crippen LogP contribution in [-0.2, 0) is 6.42 Å². The summed E-state index contributed by atoms with van der Waals surface area (Å²) in [7, 11) is 0. The zero-order valence-electron chi connectivity index (χ0n) is 30.1. The Morgan fingerprint density at radius 3 is 1.15 bits per heavy atom. The van der Waals surface area contributed by atoms with E-state index in [1.54, 1.807) is 0 Å². The highest BCUT2D eigenvalue weighted by Crippen LogP contribution is 2.45. The largest absolute Gasteiger partial charge is 0.208 e. The van der Waals surface area contributed by atoms with Crippen LogP contribution >= 0.6 is 0 Å². The van der Waals surface area contributed by atoms with E-state index in [0.717, 1.165) is 28.7 Å². The van der Waals surface area contributed by atoms with Gasteiger partial charge in [0.2, 0.25) is 0 Å². The van der Waals surface area contributed by atoms with Crippen molar-refractivity contribution in [1.29, 1.82) is 0 Å². The van der Waals surface area contributed by atoms with Gasteiger partial charge in [-0.3, -0.25) is 0 Å². The predicted octanol–water partition coefficient (Wildman–Crippen LogP) is 13.1. The van der Waals surface area contributed by atoms with Crippen molar-refractivity contribution in [3.05, 3.63) is 211 Å². The molecule has 8 aromatic carbocycles. The molecule has 9 aromatic rings. The Bertz CT molecular complexity index is 2790. The van der Waals surface area contributed by atoms with Gasteiger partial charge < -0.3 is 0 Å². The maximum Gasteiger partial charge on any atom is 0.164 e. The molecule has 1 aliphatic rings. The highest BCUT2D eigenvalue weighted by Gasteiger charge is 2.26. The fraction of sp³-hybridized carbons (Fsp3) is 0.0192. The van der Waals surface area contributed by atoms with Gasteiger partial charge in [0, 0.05) is 23.1 Å². The number of hydrogen-bond donors (Lipinski definition) is 0. The number of aromatic nitrogens is 3. The molecule has 0 atom stereocenters. The van der Waals surface area contributed by atoms with Crippen LogP contribution in [0, 0.1) is 0 Å². The monoisotopic (exact) mass is 701 g/mol. The van der Waals surface area contributed by atoms with Crippen LogP contribution in [0.15, 0.2) is 200 Å². The molecule has 0 amide bonds. The molecule has 10 rings (SSSR count). The molecular formula is C52H35N3. The first-order chi connectivity index (χ1) is 27.2. The third-order valence-corrected chi connectivity index (χ3v) is 10.7. The molecule has 0 aliphatic heterocycles. The minimum Gasteiger partial charge on any atom is -0.208 e. The minimum atomic E-state index is 0.658. The van der Waals surface area contributed by atoms with Gasteiger partial charge in [-0.1, -0.05) is 194 Å². The van der Waals surface area contributed by atoms with Crippen LogP contribution in [0.5, 0.6) is 0 Å². The Labute approximate surface area is 321 Å². The van der Waals surface area contributed by atoms with Crippen molar-refractivity contribution in [2.24, 2.45) is 0 Å². The van der Waals surface area contributed by atoms with Crippen molar-refractivity contribution in [2.45, 2.75) is 6.42 Å². The second kappa shape index (κ2) is 14.0. The number of benzene rings is 8. The van der Waals surface area contributed by atoms with Gasteiger partial charge in [-0.25, -0.2) is 15.0 Å². The van der Waals surface area contributed by atoms with Crippen LogP contribution in [0.25, 0.3) is 89.8 Å². The maximum absolute atomic E-state index is 5.17. The van der Waals surface area contributed by atoms with Crippen molar-refractivity contribution >= 4 is 0 Å². The van der Waals surface area contributed by atoms with Gasteiger partial charge >= 0.3 is 0 Å². The molecule has 258 valence electrons. The van der Waals surface area contributed by atoms with Crippen molar-refractivity contribution < 1.29 is 0 Å². The van der Waals surface area contributed by atoms with Gasteiger partial charge in [-0.2, -0.15) is 0 Å². The van der Waals surface area contributed by atoms with E-state index in [1.807, 2.05) is 24.3 Å². The Morgan fingerprint density at radius 2 is 0.582 bits per heavy atom. The summed E-state index contributed by atoms with van der Waals surface area (Å²) in [6, 6.07) is 70.7. The van der Waals surface area contributed by atoms with Crippen LogP contribution in [-0.4, -0.2) is 15.0 Å². The number of rotatable bonds is 7. The Morgan fingerprint density at radius 1 is 0.236 bits per heavy atom. The lowest BCUT2D eigenvalue weighted by Gasteiger charge is -2.12. The summed E-state index contributed by atoms with van der Waals surface area (Å²) in [6.45, 7) is 0. The molecular weight excluding hydrogens is 667 g/mol. The Kier molecular flexibility index (Phi) is 8.23. The normalized spacial score (nSPS) is 11.6. The molecule has 0 saturated heterocycles. The second-order valence-electron chi connectivity index (χ2n) is 14.0. The highest BCUT2D eigenvalue weighted by molar-refractivity contribution is 5.89. The van der Waals surface area contributed by atoms with E-state index < -0.39 is 0 Å². The fourth-order valence-corrected chi connectivity index (χ4v) is 7.85. The Hall–Kier alpha value is -7.23. The zero-order chi connectivity index (χ0) is 36.6. The molecule has 0 radical (unpaired) electrons. The standard InChI is InChI=1S/C52H35N3/c1-4-13-35(14-5-1)37-25-27-39(28-26-37)42-19-10-20-43(33-42)44-21-11-22-45-46-23-12-24-47(49(46)34-48(44)45)52-54-50(40-17-8-3-9-18-40)53-51(55-52)41-31-29-38(30-32-41)36-15-6-2-7-16-36/h1-33H,34H2. The van der Waals surface area contributed by atoms with Crippen molar-refractivity contribution in [1.82, 2.24) is 15.0 Å². The average molecular weight is 702 g/mol. The Balaban J connectivity index is 1.02. The van der Waals surface area contributed by atoms with E-state index in [9.17, 15) is 0 Å². The van der Waals surface area contributed by atoms with Crippen molar-refractivity contribution in [3.63, 3.8) is 0 Å². The first-order valence-electron chi connectivity index (χ1n) is 18.7. The summed E-state index contributed by atoms with van der Waals surface area (Å²) >= 11 is 0. The lowest BCUT2D eigenvalue weighted by Crippen LogP contribution is -2.02. The van der Waals surface area contributed by atoms with Crippen LogP contribution in [0.2, 0.25) is 0 Å². The van der Waals surface area contributed by atoms with E-state index in [4.69, 9.17) is 15.0 Å². The molecule has 0 spiro atoms. The van der Waals surface area contributed by atoms with E-state index in [1.165, 1.54) is 61.2 Å². The van der Waals surface area contributed by atoms with Gasteiger partial charge in [0.15, 0.2) is 17.5 Å².